The topological polar surface area (TPSA) is 64.3 Å². The number of rotatable bonds is 5. The fourth-order valence-corrected chi connectivity index (χ4v) is 2.41. The van der Waals surface area contributed by atoms with Crippen LogP contribution in [-0.4, -0.2) is 13.0 Å². The van der Waals surface area contributed by atoms with Gasteiger partial charge in [-0.05, 0) is 35.1 Å². The van der Waals surface area contributed by atoms with Crippen molar-refractivity contribution in [1.82, 2.24) is 0 Å². The van der Waals surface area contributed by atoms with Gasteiger partial charge in [-0.15, -0.1) is 0 Å². The molecule has 128 valence electrons. The molecule has 0 heterocycles. The highest BCUT2D eigenvalue weighted by atomic mass is 16.5. The largest absolute Gasteiger partial charge is 0.497 e. The molecule has 0 saturated carbocycles. The number of nitrogens with two attached hydrogens (primary N) is 1. The van der Waals surface area contributed by atoms with Crippen LogP contribution < -0.4 is 15.8 Å². The van der Waals surface area contributed by atoms with Crippen LogP contribution in [0.2, 0.25) is 0 Å². The Morgan fingerprint density at radius 3 is 2.38 bits per heavy atom. The number of anilines is 2. The molecule has 1 amide bonds. The molecule has 2 aromatic rings. The Balaban J connectivity index is 1.94. The number of ether oxygens (including phenoxy) is 1. The van der Waals surface area contributed by atoms with Crippen molar-refractivity contribution in [1.29, 1.82) is 0 Å². The molecular weight excluding hydrogens is 300 g/mol. The van der Waals surface area contributed by atoms with E-state index >= 15 is 0 Å². The second-order valence-electron chi connectivity index (χ2n) is 6.95. The van der Waals surface area contributed by atoms with Crippen molar-refractivity contribution in [3.8, 4) is 5.75 Å². The quantitative estimate of drug-likeness (QED) is 0.811. The average Bonchev–Trinajstić information content (AvgIpc) is 2.54. The van der Waals surface area contributed by atoms with E-state index in [0.717, 1.165) is 5.56 Å². The van der Waals surface area contributed by atoms with E-state index < -0.39 is 0 Å². The molecule has 0 fully saturated rings. The van der Waals surface area contributed by atoms with Crippen molar-refractivity contribution in [2.45, 2.75) is 39.0 Å². The molecular formula is C20H26N2O2. The minimum absolute atomic E-state index is 0.0603. The highest BCUT2D eigenvalue weighted by Gasteiger charge is 2.13. The van der Waals surface area contributed by atoms with E-state index in [2.05, 4.69) is 50.4 Å². The zero-order valence-corrected chi connectivity index (χ0v) is 14.8. The molecule has 0 aliphatic carbocycles. The summed E-state index contributed by atoms with van der Waals surface area (Å²) in [7, 11) is 1.58. The molecule has 0 aliphatic heterocycles. The Hall–Kier alpha value is -2.49. The summed E-state index contributed by atoms with van der Waals surface area (Å²) in [6, 6.07) is 13.7. The van der Waals surface area contributed by atoms with Crippen LogP contribution in [0.5, 0.6) is 5.75 Å². The third kappa shape index (κ3) is 4.75. The first kappa shape index (κ1) is 17.9. The Kier molecular flexibility index (Phi) is 5.50. The number of nitrogen functional groups attached to an aromatic ring is 1. The average molecular weight is 326 g/mol. The molecule has 0 saturated heterocycles. The lowest BCUT2D eigenvalue weighted by Gasteiger charge is -2.19. The Morgan fingerprint density at radius 1 is 1.12 bits per heavy atom. The zero-order valence-electron chi connectivity index (χ0n) is 14.8. The monoisotopic (exact) mass is 326 g/mol. The van der Waals surface area contributed by atoms with Crippen LogP contribution in [0, 0.1) is 0 Å². The maximum absolute atomic E-state index is 12.2. The number of benzene rings is 2. The van der Waals surface area contributed by atoms with Gasteiger partial charge in [0.1, 0.15) is 5.75 Å². The van der Waals surface area contributed by atoms with Crippen molar-refractivity contribution in [3.63, 3.8) is 0 Å². The number of methoxy groups -OCH3 is 1. The van der Waals surface area contributed by atoms with Gasteiger partial charge in [0.25, 0.3) is 0 Å². The van der Waals surface area contributed by atoms with Gasteiger partial charge in [0.05, 0.1) is 18.5 Å². The Morgan fingerprint density at radius 2 is 1.79 bits per heavy atom. The van der Waals surface area contributed by atoms with Crippen molar-refractivity contribution < 1.29 is 9.53 Å². The first-order chi connectivity index (χ1) is 11.3. The van der Waals surface area contributed by atoms with Gasteiger partial charge >= 0.3 is 0 Å². The second-order valence-corrected chi connectivity index (χ2v) is 6.95. The smallest absolute Gasteiger partial charge is 0.224 e. The molecule has 4 nitrogen and oxygen atoms in total. The molecule has 0 radical (unpaired) electrons. The summed E-state index contributed by atoms with van der Waals surface area (Å²) in [5.74, 6) is 0.604. The van der Waals surface area contributed by atoms with Gasteiger partial charge in [-0.3, -0.25) is 4.79 Å². The normalized spacial score (nSPS) is 11.2. The van der Waals surface area contributed by atoms with Crippen LogP contribution in [0.4, 0.5) is 11.4 Å². The molecule has 0 aromatic heterocycles. The maximum Gasteiger partial charge on any atom is 0.224 e. The molecule has 0 unspecified atom stereocenters. The predicted octanol–water partition coefficient (Wildman–Crippen LogP) is 4.15. The zero-order chi connectivity index (χ0) is 17.7. The summed E-state index contributed by atoms with van der Waals surface area (Å²) in [6.07, 6.45) is 1.10. The third-order valence-electron chi connectivity index (χ3n) is 4.00. The van der Waals surface area contributed by atoms with Crippen LogP contribution in [0.15, 0.2) is 42.5 Å². The lowest BCUT2D eigenvalue weighted by Crippen LogP contribution is -2.14. The lowest BCUT2D eigenvalue weighted by atomic mass is 9.86. The number of amides is 1. The van der Waals surface area contributed by atoms with Crippen LogP contribution in [0.3, 0.4) is 0 Å². The van der Waals surface area contributed by atoms with Gasteiger partial charge in [0, 0.05) is 12.5 Å². The van der Waals surface area contributed by atoms with Crippen LogP contribution in [0.1, 0.15) is 38.3 Å². The molecule has 2 aromatic carbocycles. The molecule has 4 heteroatoms. The SMILES string of the molecule is COc1ccc(N)c(NC(=O)CCc2ccc(C(C)(C)C)cc2)c1. The highest BCUT2D eigenvalue weighted by Crippen LogP contribution is 2.25. The number of hydrogen-bond donors (Lipinski definition) is 2. The molecule has 2 rings (SSSR count). The van der Waals surface area contributed by atoms with E-state index in [1.165, 1.54) is 5.56 Å². The van der Waals surface area contributed by atoms with Crippen LogP contribution in [-0.2, 0) is 16.6 Å². The van der Waals surface area contributed by atoms with Crippen molar-refractivity contribution in [2.75, 3.05) is 18.2 Å². The van der Waals surface area contributed by atoms with E-state index in [4.69, 9.17) is 10.5 Å². The summed E-state index contributed by atoms with van der Waals surface area (Å²) in [4.78, 5) is 12.2. The van der Waals surface area contributed by atoms with E-state index in [9.17, 15) is 4.79 Å². The first-order valence-electron chi connectivity index (χ1n) is 8.12. The number of nitrogens with one attached hydrogen (secondary N) is 1. The fraction of sp³-hybridized carbons (Fsp3) is 0.350. The Bertz CT molecular complexity index is 701. The van der Waals surface area contributed by atoms with E-state index in [1.807, 2.05) is 0 Å². The minimum Gasteiger partial charge on any atom is -0.497 e. The lowest BCUT2D eigenvalue weighted by molar-refractivity contribution is -0.116. The summed E-state index contributed by atoms with van der Waals surface area (Å²) < 4.78 is 5.15. The van der Waals surface area contributed by atoms with Gasteiger partial charge in [-0.2, -0.15) is 0 Å². The van der Waals surface area contributed by atoms with Gasteiger partial charge in [-0.25, -0.2) is 0 Å². The third-order valence-corrected chi connectivity index (χ3v) is 4.00. The molecule has 3 N–H and O–H groups in total. The van der Waals surface area contributed by atoms with Crippen molar-refractivity contribution in [3.05, 3.63) is 53.6 Å². The standard InChI is InChI=1S/C20H26N2O2/c1-20(2,3)15-8-5-14(6-9-15)7-12-19(23)22-18-13-16(24-4)10-11-17(18)21/h5-6,8-11,13H,7,12,21H2,1-4H3,(H,22,23). The number of carbonyl (C=O) groups excluding carboxylic acids is 1. The summed E-state index contributed by atoms with van der Waals surface area (Å²) in [5.41, 5.74) is 9.58. The molecule has 0 bridgehead atoms. The summed E-state index contributed by atoms with van der Waals surface area (Å²) in [6.45, 7) is 6.57. The fourth-order valence-electron chi connectivity index (χ4n) is 2.41. The van der Waals surface area contributed by atoms with Gasteiger partial charge in [0.15, 0.2) is 0 Å². The van der Waals surface area contributed by atoms with Crippen LogP contribution in [0.25, 0.3) is 0 Å². The number of hydrogen-bond acceptors (Lipinski definition) is 3. The molecule has 0 atom stereocenters. The van der Waals surface area contributed by atoms with Crippen molar-refractivity contribution >= 4 is 17.3 Å². The van der Waals surface area contributed by atoms with E-state index in [1.54, 1.807) is 25.3 Å². The van der Waals surface area contributed by atoms with Crippen LogP contribution >= 0.6 is 0 Å². The summed E-state index contributed by atoms with van der Waals surface area (Å²) in [5, 5.41) is 2.85. The molecule has 24 heavy (non-hydrogen) atoms. The highest BCUT2D eigenvalue weighted by molar-refractivity contribution is 5.94. The summed E-state index contributed by atoms with van der Waals surface area (Å²) >= 11 is 0. The maximum atomic E-state index is 12.2. The van der Waals surface area contributed by atoms with E-state index in [0.29, 0.717) is 30.0 Å². The minimum atomic E-state index is -0.0603. The molecule has 0 aliphatic rings. The predicted molar refractivity (Wildman–Crippen MR) is 99.5 cm³/mol. The van der Waals surface area contributed by atoms with Crippen molar-refractivity contribution in [2.24, 2.45) is 0 Å². The van der Waals surface area contributed by atoms with Gasteiger partial charge in [-0.1, -0.05) is 45.0 Å². The molecule has 0 spiro atoms. The van der Waals surface area contributed by atoms with E-state index in [-0.39, 0.29) is 11.3 Å². The first-order valence-corrected chi connectivity index (χ1v) is 8.12. The number of carbonyl (C=O) groups is 1. The Labute approximate surface area is 144 Å². The number of aryl methyl sites for hydroxylation is 1. The second kappa shape index (κ2) is 7.39. The van der Waals surface area contributed by atoms with Gasteiger partial charge in [0.2, 0.25) is 5.91 Å². The van der Waals surface area contributed by atoms with Gasteiger partial charge < -0.3 is 15.8 Å².